The largest absolute Gasteiger partial charge is 0.493 e. The Hall–Kier alpha value is -2.75. The summed E-state index contributed by atoms with van der Waals surface area (Å²) in [4.78, 5) is 0. The summed E-state index contributed by atoms with van der Waals surface area (Å²) < 4.78 is 11.9. The first-order valence-corrected chi connectivity index (χ1v) is 11.7. The third-order valence-electron chi connectivity index (χ3n) is 5.48. The van der Waals surface area contributed by atoms with Gasteiger partial charge in [-0.2, -0.15) is 0 Å². The predicted octanol–water partition coefficient (Wildman–Crippen LogP) is 3.96. The van der Waals surface area contributed by atoms with E-state index >= 15 is 0 Å². The molecule has 5 nitrogen and oxygen atoms in total. The highest BCUT2D eigenvalue weighted by molar-refractivity contribution is 7.80. The summed E-state index contributed by atoms with van der Waals surface area (Å²) in [6, 6.07) is 16.1. The Bertz CT molecular complexity index is 918. The minimum Gasteiger partial charge on any atom is -0.493 e. The van der Waals surface area contributed by atoms with E-state index in [1.54, 1.807) is 7.11 Å². The number of benzene rings is 2. The van der Waals surface area contributed by atoms with Crippen LogP contribution in [0.1, 0.15) is 49.1 Å². The molecule has 1 fully saturated rings. The van der Waals surface area contributed by atoms with Crippen molar-refractivity contribution in [2.45, 2.75) is 44.1 Å². The first-order valence-electron chi connectivity index (χ1n) is 11.3. The van der Waals surface area contributed by atoms with Crippen LogP contribution in [0.25, 0.3) is 0 Å². The van der Waals surface area contributed by atoms with Gasteiger partial charge in [0.1, 0.15) is 0 Å². The number of hydrogen-bond acceptors (Lipinski definition) is 4. The molecule has 0 aromatic heterocycles. The number of hydrogen-bond donors (Lipinski definition) is 3. The van der Waals surface area contributed by atoms with Crippen LogP contribution in [0.2, 0.25) is 0 Å². The summed E-state index contributed by atoms with van der Waals surface area (Å²) in [6.07, 6.45) is 5.75. The monoisotopic (exact) mass is 451 g/mol. The standard InChI is InChI=1S/C26H33N3O2S/c1-30-24-15-14-21(18-25(24)31-23-10-5-6-11-23)22(13-12-20-8-3-2-4-9-20)19-29-26(32)28-17-7-16-27/h2-4,8-9,14-15,18,22-23H,5-7,10-11,16-17,19,27H2,1H3,(H2,28,29,32). The van der Waals surface area contributed by atoms with Gasteiger partial charge in [-0.05, 0) is 80.7 Å². The molecule has 2 aromatic carbocycles. The average molecular weight is 452 g/mol. The molecule has 1 aliphatic carbocycles. The van der Waals surface area contributed by atoms with Crippen LogP contribution < -0.4 is 25.8 Å². The zero-order valence-electron chi connectivity index (χ0n) is 18.7. The SMILES string of the molecule is COc1ccc(C(C#Cc2ccccc2)CNC(=S)NCCCN)cc1OC1CCCC1. The summed E-state index contributed by atoms with van der Waals surface area (Å²) in [7, 11) is 1.68. The van der Waals surface area contributed by atoms with E-state index in [0.717, 1.165) is 48.4 Å². The van der Waals surface area contributed by atoms with E-state index < -0.39 is 0 Å². The molecule has 4 N–H and O–H groups in total. The van der Waals surface area contributed by atoms with Gasteiger partial charge in [-0.25, -0.2) is 0 Å². The topological polar surface area (TPSA) is 68.5 Å². The third-order valence-corrected chi connectivity index (χ3v) is 5.77. The smallest absolute Gasteiger partial charge is 0.166 e. The highest BCUT2D eigenvalue weighted by atomic mass is 32.1. The zero-order valence-corrected chi connectivity index (χ0v) is 19.5. The van der Waals surface area contributed by atoms with Crippen LogP contribution in [0.3, 0.4) is 0 Å². The molecule has 32 heavy (non-hydrogen) atoms. The Labute approximate surface area is 197 Å². The number of thiocarbonyl (C=S) groups is 1. The van der Waals surface area contributed by atoms with Gasteiger partial charge in [-0.1, -0.05) is 36.1 Å². The van der Waals surface area contributed by atoms with Crippen molar-refractivity contribution < 1.29 is 9.47 Å². The molecule has 2 aromatic rings. The van der Waals surface area contributed by atoms with Crippen molar-refractivity contribution in [1.29, 1.82) is 0 Å². The second kappa shape index (κ2) is 12.9. The maximum atomic E-state index is 6.30. The van der Waals surface area contributed by atoms with Crippen LogP contribution in [-0.2, 0) is 0 Å². The molecule has 0 heterocycles. The lowest BCUT2D eigenvalue weighted by atomic mass is 9.98. The fourth-order valence-electron chi connectivity index (χ4n) is 3.69. The van der Waals surface area contributed by atoms with E-state index in [-0.39, 0.29) is 12.0 Å². The van der Waals surface area contributed by atoms with Gasteiger partial charge in [-0.15, -0.1) is 0 Å². The Morgan fingerprint density at radius 1 is 1.12 bits per heavy atom. The number of methoxy groups -OCH3 is 1. The molecule has 0 saturated heterocycles. The molecule has 1 unspecified atom stereocenters. The van der Waals surface area contributed by atoms with E-state index in [9.17, 15) is 0 Å². The van der Waals surface area contributed by atoms with Crippen molar-refractivity contribution in [3.8, 4) is 23.3 Å². The molecule has 6 heteroatoms. The first kappa shape index (κ1) is 23.9. The van der Waals surface area contributed by atoms with E-state index in [4.69, 9.17) is 27.4 Å². The summed E-state index contributed by atoms with van der Waals surface area (Å²) in [5.74, 6) is 8.18. The van der Waals surface area contributed by atoms with Crippen LogP contribution in [0, 0.1) is 11.8 Å². The van der Waals surface area contributed by atoms with Gasteiger partial charge in [0.15, 0.2) is 16.6 Å². The summed E-state index contributed by atoms with van der Waals surface area (Å²) in [5, 5.41) is 7.10. The summed E-state index contributed by atoms with van der Waals surface area (Å²) >= 11 is 5.42. The fraction of sp³-hybridized carbons (Fsp3) is 0.423. The van der Waals surface area contributed by atoms with Gasteiger partial charge in [0, 0.05) is 18.7 Å². The van der Waals surface area contributed by atoms with Gasteiger partial charge in [0.05, 0.1) is 19.1 Å². The van der Waals surface area contributed by atoms with Gasteiger partial charge in [0.2, 0.25) is 0 Å². The van der Waals surface area contributed by atoms with E-state index in [2.05, 4.69) is 34.6 Å². The molecule has 0 aliphatic heterocycles. The zero-order chi connectivity index (χ0) is 22.6. The second-order valence-corrected chi connectivity index (χ2v) is 8.31. The van der Waals surface area contributed by atoms with E-state index in [0.29, 0.717) is 18.2 Å². The molecule has 170 valence electrons. The van der Waals surface area contributed by atoms with Crippen molar-refractivity contribution in [2.75, 3.05) is 26.7 Å². The normalized spacial score (nSPS) is 14.2. The fourth-order valence-corrected chi connectivity index (χ4v) is 3.88. The molecular formula is C26H33N3O2S. The van der Waals surface area contributed by atoms with Gasteiger partial charge >= 0.3 is 0 Å². The van der Waals surface area contributed by atoms with Crippen LogP contribution >= 0.6 is 12.2 Å². The van der Waals surface area contributed by atoms with E-state index in [1.165, 1.54) is 12.8 Å². The Kier molecular flexibility index (Phi) is 9.67. The predicted molar refractivity (Wildman–Crippen MR) is 134 cm³/mol. The molecule has 1 aliphatic rings. The quantitative estimate of drug-likeness (QED) is 0.305. The Balaban J connectivity index is 1.79. The highest BCUT2D eigenvalue weighted by Crippen LogP contribution is 2.34. The number of nitrogens with one attached hydrogen (secondary N) is 2. The summed E-state index contributed by atoms with van der Waals surface area (Å²) in [6.45, 7) is 1.98. The number of nitrogens with two attached hydrogens (primary N) is 1. The minimum absolute atomic E-state index is 0.0682. The molecule has 1 atom stereocenters. The van der Waals surface area contributed by atoms with Gasteiger partial charge in [-0.3, -0.25) is 0 Å². The third kappa shape index (κ3) is 7.44. The van der Waals surface area contributed by atoms with E-state index in [1.807, 2.05) is 36.4 Å². The highest BCUT2D eigenvalue weighted by Gasteiger charge is 2.20. The number of rotatable bonds is 9. The summed E-state index contributed by atoms with van der Waals surface area (Å²) in [5.41, 5.74) is 7.61. The number of ether oxygens (including phenoxy) is 2. The van der Waals surface area contributed by atoms with Crippen LogP contribution in [0.4, 0.5) is 0 Å². The van der Waals surface area contributed by atoms with Crippen molar-refractivity contribution in [2.24, 2.45) is 5.73 Å². The first-order chi connectivity index (χ1) is 15.7. The Morgan fingerprint density at radius 3 is 2.62 bits per heavy atom. The molecule has 3 rings (SSSR count). The average Bonchev–Trinajstić information content (AvgIpc) is 3.33. The molecule has 0 amide bonds. The maximum absolute atomic E-state index is 6.30. The van der Waals surface area contributed by atoms with Crippen LogP contribution in [-0.4, -0.2) is 38.0 Å². The maximum Gasteiger partial charge on any atom is 0.166 e. The lowest BCUT2D eigenvalue weighted by molar-refractivity contribution is 0.200. The molecule has 0 bridgehead atoms. The second-order valence-electron chi connectivity index (χ2n) is 7.90. The lowest BCUT2D eigenvalue weighted by Crippen LogP contribution is -2.38. The van der Waals surface area contributed by atoms with Crippen molar-refractivity contribution in [3.05, 3.63) is 59.7 Å². The van der Waals surface area contributed by atoms with Crippen molar-refractivity contribution >= 4 is 17.3 Å². The van der Waals surface area contributed by atoms with Gasteiger partial charge < -0.3 is 25.8 Å². The molecule has 0 spiro atoms. The van der Waals surface area contributed by atoms with Gasteiger partial charge in [0.25, 0.3) is 0 Å². The lowest BCUT2D eigenvalue weighted by Gasteiger charge is -2.19. The van der Waals surface area contributed by atoms with Crippen LogP contribution in [0.5, 0.6) is 11.5 Å². The van der Waals surface area contributed by atoms with Crippen molar-refractivity contribution in [3.63, 3.8) is 0 Å². The molecular weight excluding hydrogens is 418 g/mol. The molecule has 0 radical (unpaired) electrons. The van der Waals surface area contributed by atoms with Crippen molar-refractivity contribution in [1.82, 2.24) is 10.6 Å². The van der Waals surface area contributed by atoms with Crippen LogP contribution in [0.15, 0.2) is 48.5 Å². The molecule has 1 saturated carbocycles. The minimum atomic E-state index is -0.0682. The Morgan fingerprint density at radius 2 is 1.91 bits per heavy atom.